The van der Waals surface area contributed by atoms with Crippen molar-refractivity contribution in [3.8, 4) is 0 Å². The molecule has 6 nitrogen and oxygen atoms in total. The zero-order valence-corrected chi connectivity index (χ0v) is 16.7. The van der Waals surface area contributed by atoms with Gasteiger partial charge < -0.3 is 15.1 Å². The summed E-state index contributed by atoms with van der Waals surface area (Å²) in [6, 6.07) is 0. The van der Waals surface area contributed by atoms with E-state index >= 15 is 0 Å². The van der Waals surface area contributed by atoms with Gasteiger partial charge in [-0.05, 0) is 82.5 Å². The van der Waals surface area contributed by atoms with E-state index in [2.05, 4.69) is 25.9 Å². The summed E-state index contributed by atoms with van der Waals surface area (Å²) >= 11 is 3.43. The number of hydrogen-bond donors (Lipinski definition) is 2. The highest BCUT2D eigenvalue weighted by Crippen LogP contribution is 2.62. The lowest BCUT2D eigenvalue weighted by molar-refractivity contribution is -0.149. The Morgan fingerprint density at radius 2 is 1.48 bits per heavy atom. The highest BCUT2D eigenvalue weighted by Gasteiger charge is 2.55. The first-order valence-corrected chi connectivity index (χ1v) is 9.81. The van der Waals surface area contributed by atoms with Gasteiger partial charge in [0.05, 0.1) is 5.71 Å². The maximum Gasteiger partial charge on any atom is 0.347 e. The van der Waals surface area contributed by atoms with E-state index in [1.807, 2.05) is 0 Å². The van der Waals surface area contributed by atoms with Crippen molar-refractivity contribution in [1.82, 2.24) is 0 Å². The summed E-state index contributed by atoms with van der Waals surface area (Å²) in [5.41, 5.74) is 0.800. The molecule has 0 aliphatic heterocycles. The smallest absolute Gasteiger partial charge is 0.347 e. The van der Waals surface area contributed by atoms with E-state index in [1.165, 1.54) is 26.2 Å². The van der Waals surface area contributed by atoms with Crippen molar-refractivity contribution in [2.75, 3.05) is 0 Å². The van der Waals surface area contributed by atoms with Crippen molar-refractivity contribution < 1.29 is 24.6 Å². The van der Waals surface area contributed by atoms with Crippen LogP contribution in [0.3, 0.4) is 0 Å². The first-order chi connectivity index (χ1) is 11.6. The largest absolute Gasteiger partial charge is 0.480 e. The zero-order valence-electron chi connectivity index (χ0n) is 15.1. The second-order valence-electron chi connectivity index (χ2n) is 8.11. The molecule has 4 aliphatic rings. The van der Waals surface area contributed by atoms with Gasteiger partial charge in [-0.3, -0.25) is 4.79 Å². The summed E-state index contributed by atoms with van der Waals surface area (Å²) < 4.78 is 0. The fourth-order valence-corrected chi connectivity index (χ4v) is 5.54. The molecule has 0 radical (unpaired) electrons. The Balaban J connectivity index is 0.000000199. The quantitative estimate of drug-likeness (QED) is 0.401. The van der Waals surface area contributed by atoms with Crippen molar-refractivity contribution in [2.45, 2.75) is 70.2 Å². The van der Waals surface area contributed by atoms with Gasteiger partial charge in [0.25, 0.3) is 0 Å². The maximum absolute atomic E-state index is 11.2. The van der Waals surface area contributed by atoms with Gasteiger partial charge in [0.2, 0.25) is 6.10 Å². The molecular formula is C18H28BrNO5. The number of oxime groups is 1. The van der Waals surface area contributed by atoms with Gasteiger partial charge in [-0.25, -0.2) is 4.79 Å². The van der Waals surface area contributed by atoms with Crippen LogP contribution in [0, 0.1) is 23.2 Å². The second-order valence-corrected chi connectivity index (χ2v) is 9.02. The molecule has 4 bridgehead atoms. The Labute approximate surface area is 157 Å². The number of rotatable bonds is 5. The third-order valence-corrected chi connectivity index (χ3v) is 6.94. The summed E-state index contributed by atoms with van der Waals surface area (Å²) in [7, 11) is 0. The average Bonchev–Trinajstić information content (AvgIpc) is 2.50. The van der Waals surface area contributed by atoms with Gasteiger partial charge in [-0.2, -0.15) is 0 Å². The van der Waals surface area contributed by atoms with Crippen LogP contribution in [0.25, 0.3) is 0 Å². The third-order valence-electron chi connectivity index (χ3n) is 5.58. The molecule has 0 spiro atoms. The molecule has 4 aliphatic carbocycles. The average molecular weight is 418 g/mol. The molecule has 2 atom stereocenters. The van der Waals surface area contributed by atoms with Crippen LogP contribution in [-0.2, 0) is 14.4 Å². The number of hydrogen-bond acceptors (Lipinski definition) is 4. The molecule has 4 rings (SSSR count). The molecule has 2 unspecified atom stereocenters. The number of aliphatic carboxylic acids is 2. The molecule has 25 heavy (non-hydrogen) atoms. The van der Waals surface area contributed by atoms with Crippen LogP contribution in [0.1, 0.15) is 59.3 Å². The number of halogens is 1. The van der Waals surface area contributed by atoms with Crippen molar-refractivity contribution in [1.29, 1.82) is 0 Å². The van der Waals surface area contributed by atoms with E-state index in [9.17, 15) is 14.7 Å². The highest BCUT2D eigenvalue weighted by atomic mass is 79.9. The molecule has 7 heteroatoms. The number of alkyl halides is 1. The molecule has 142 valence electrons. The van der Waals surface area contributed by atoms with Crippen LogP contribution in [0.4, 0.5) is 0 Å². The fraction of sp³-hybridized carbons (Fsp3) is 0.833. The molecule has 0 heterocycles. The van der Waals surface area contributed by atoms with Crippen LogP contribution in [0.5, 0.6) is 0 Å². The summed E-state index contributed by atoms with van der Waals surface area (Å²) in [6.45, 7) is 4.89. The minimum Gasteiger partial charge on any atom is -0.480 e. The predicted molar refractivity (Wildman–Crippen MR) is 97.9 cm³/mol. The molecule has 0 aromatic carbocycles. The Hall–Kier alpha value is -1.11. The van der Waals surface area contributed by atoms with Crippen LogP contribution in [0.2, 0.25) is 0 Å². The summed E-state index contributed by atoms with van der Waals surface area (Å²) in [5.74, 6) is 0.823. The van der Waals surface area contributed by atoms with Crippen molar-refractivity contribution in [3.05, 3.63) is 0 Å². The SMILES string of the molecule is CC(C)=NOC(C)C(=O)O.O=C(O)C(Br)C12CC3CC(CC(C3)C1)C2. The zero-order chi connectivity index (χ0) is 18.8. The topological polar surface area (TPSA) is 96.2 Å². The Morgan fingerprint density at radius 1 is 1.04 bits per heavy atom. The summed E-state index contributed by atoms with van der Waals surface area (Å²) in [6.07, 6.45) is 6.72. The van der Waals surface area contributed by atoms with Gasteiger partial charge >= 0.3 is 11.9 Å². The van der Waals surface area contributed by atoms with Crippen molar-refractivity contribution >= 4 is 33.6 Å². The molecule has 0 aromatic rings. The van der Waals surface area contributed by atoms with Gasteiger partial charge in [-0.1, -0.05) is 21.1 Å². The predicted octanol–water partition coefficient (Wildman–Crippen LogP) is 3.92. The van der Waals surface area contributed by atoms with Crippen LogP contribution in [0.15, 0.2) is 5.16 Å². The molecule has 0 amide bonds. The van der Waals surface area contributed by atoms with Crippen molar-refractivity contribution in [2.24, 2.45) is 28.3 Å². The van der Waals surface area contributed by atoms with Gasteiger partial charge in [0, 0.05) is 0 Å². The van der Waals surface area contributed by atoms with E-state index in [4.69, 9.17) is 5.11 Å². The van der Waals surface area contributed by atoms with E-state index < -0.39 is 18.0 Å². The summed E-state index contributed by atoms with van der Waals surface area (Å²) in [5, 5.41) is 21.0. The highest BCUT2D eigenvalue weighted by molar-refractivity contribution is 9.10. The first-order valence-electron chi connectivity index (χ1n) is 8.89. The Bertz CT molecular complexity index is 508. The number of carboxylic acids is 2. The van der Waals surface area contributed by atoms with Crippen LogP contribution in [-0.4, -0.2) is 38.8 Å². The minimum absolute atomic E-state index is 0.0978. The summed E-state index contributed by atoms with van der Waals surface area (Å²) in [4.78, 5) is 25.5. The second kappa shape index (κ2) is 8.06. The van der Waals surface area contributed by atoms with Gasteiger partial charge in [-0.15, -0.1) is 0 Å². The van der Waals surface area contributed by atoms with Gasteiger partial charge in [0.15, 0.2) is 0 Å². The molecular weight excluding hydrogens is 390 g/mol. The molecule has 0 saturated heterocycles. The maximum atomic E-state index is 11.2. The van der Waals surface area contributed by atoms with Crippen molar-refractivity contribution in [3.63, 3.8) is 0 Å². The van der Waals surface area contributed by atoms with E-state index in [0.717, 1.165) is 37.0 Å². The lowest BCUT2D eigenvalue weighted by atomic mass is 9.49. The number of nitrogens with zero attached hydrogens (tertiary/aromatic N) is 1. The molecule has 0 aromatic heterocycles. The number of carboxylic acid groups (broad SMARTS) is 2. The minimum atomic E-state index is -1.01. The lowest BCUT2D eigenvalue weighted by Crippen LogP contribution is -2.51. The molecule has 2 N–H and O–H groups in total. The Kier molecular flexibility index (Phi) is 6.51. The normalized spacial score (nSPS) is 34.3. The van der Waals surface area contributed by atoms with E-state index in [0.29, 0.717) is 5.71 Å². The monoisotopic (exact) mass is 417 g/mol. The fourth-order valence-electron chi connectivity index (χ4n) is 4.98. The number of carbonyl (C=O) groups is 2. The van der Waals surface area contributed by atoms with Crippen LogP contribution < -0.4 is 0 Å². The lowest BCUT2D eigenvalue weighted by Gasteiger charge is -2.57. The molecule has 4 fully saturated rings. The molecule has 4 saturated carbocycles. The third kappa shape index (κ3) is 4.96. The van der Waals surface area contributed by atoms with E-state index in [-0.39, 0.29) is 10.2 Å². The standard InChI is InChI=1S/C12H17BrO2.C6H11NO3/c13-10(11(14)15)12-4-7-1-8(5-12)3-9(2-7)6-12;1-4(2)7-10-5(3)6(8)9/h7-10H,1-6H2,(H,14,15);5H,1-3H3,(H,8,9). The van der Waals surface area contributed by atoms with Gasteiger partial charge in [0.1, 0.15) is 4.83 Å². The first kappa shape index (κ1) is 20.2. The Morgan fingerprint density at radius 3 is 1.80 bits per heavy atom. The van der Waals surface area contributed by atoms with E-state index in [1.54, 1.807) is 13.8 Å². The van der Waals surface area contributed by atoms with Crippen LogP contribution >= 0.6 is 15.9 Å².